The molecule has 1 saturated heterocycles. The molecule has 14 nitrogen and oxygen atoms in total. The van der Waals surface area contributed by atoms with Gasteiger partial charge in [0.05, 0.1) is 56.0 Å². The highest BCUT2D eigenvalue weighted by Crippen LogP contribution is 2.35. The lowest BCUT2D eigenvalue weighted by atomic mass is 9.77. The lowest BCUT2D eigenvalue weighted by Crippen LogP contribution is -2.49. The minimum atomic E-state index is -0.929. The maximum atomic E-state index is 13.1. The van der Waals surface area contributed by atoms with Crippen molar-refractivity contribution in [3.8, 4) is 0 Å². The number of carbonyl (C=O) groups excluding carboxylic acids is 1. The highest BCUT2D eigenvalue weighted by atomic mass is 16.4. The molecule has 0 spiro atoms. The van der Waals surface area contributed by atoms with E-state index in [1.165, 1.54) is 0 Å². The van der Waals surface area contributed by atoms with Crippen LogP contribution >= 0.6 is 0 Å². The molecule has 14 heteroatoms. The molecular weight excluding hydrogens is 604 g/mol. The molecule has 0 aromatic carbocycles. The lowest BCUT2D eigenvalue weighted by molar-refractivity contribution is -0.138. The van der Waals surface area contributed by atoms with E-state index in [-0.39, 0.29) is 67.7 Å². The molecule has 0 aliphatic carbocycles. The van der Waals surface area contributed by atoms with Gasteiger partial charge in [0.25, 0.3) is 0 Å². The number of rotatable bonds is 16. The maximum Gasteiger partial charge on any atom is 0.317 e. The molecule has 2 rings (SSSR count). The molecule has 0 bridgehead atoms. The van der Waals surface area contributed by atoms with Crippen molar-refractivity contribution in [3.63, 3.8) is 0 Å². The predicted molar refractivity (Wildman–Crippen MR) is 184 cm³/mol. The van der Waals surface area contributed by atoms with E-state index < -0.39 is 5.97 Å². The Morgan fingerprint density at radius 3 is 1.68 bits per heavy atom. The van der Waals surface area contributed by atoms with E-state index in [0.717, 1.165) is 19.3 Å². The number of hydrogen-bond acceptors (Lipinski definition) is 11. The van der Waals surface area contributed by atoms with Crippen LogP contribution < -0.4 is 5.32 Å². The first-order valence-electron chi connectivity index (χ1n) is 16.7. The number of aliphatic carboxylic acids is 1. The Morgan fingerprint density at radius 1 is 0.809 bits per heavy atom. The molecule has 1 fully saturated rings. The van der Waals surface area contributed by atoms with Crippen LogP contribution in [0.2, 0.25) is 0 Å². The smallest absolute Gasteiger partial charge is 0.317 e. The molecule has 0 atom stereocenters. The first kappa shape index (κ1) is 42.0. The summed E-state index contributed by atoms with van der Waals surface area (Å²) < 4.78 is 1.84. The number of aromatic nitrogens is 3. The molecule has 1 aromatic rings. The fraction of sp³-hybridized carbons (Fsp3) is 0.758. The van der Waals surface area contributed by atoms with Crippen LogP contribution in [0, 0.1) is 5.41 Å². The fourth-order valence-corrected chi connectivity index (χ4v) is 5.94. The van der Waals surface area contributed by atoms with Crippen LogP contribution in [0.3, 0.4) is 0 Å². The van der Waals surface area contributed by atoms with Gasteiger partial charge in [0.2, 0.25) is 5.91 Å². The zero-order valence-corrected chi connectivity index (χ0v) is 29.7. The van der Waals surface area contributed by atoms with Gasteiger partial charge in [-0.25, -0.2) is 4.68 Å². The van der Waals surface area contributed by atoms with Gasteiger partial charge in [-0.1, -0.05) is 46.1 Å². The Morgan fingerprint density at radius 2 is 1.26 bits per heavy atom. The molecule has 1 aromatic heterocycles. The van der Waals surface area contributed by atoms with E-state index in [4.69, 9.17) is 0 Å². The quantitative estimate of drug-likeness (QED) is 0.163. The number of carboxylic acid groups (broad SMARTS) is 1. The van der Waals surface area contributed by atoms with Gasteiger partial charge in [0.15, 0.2) is 0 Å². The zero-order valence-electron chi connectivity index (χ0n) is 29.7. The van der Waals surface area contributed by atoms with Gasteiger partial charge in [-0.3, -0.25) is 29.2 Å². The number of carbonyl (C=O) groups is 2. The summed E-state index contributed by atoms with van der Waals surface area (Å²) in [6.07, 6.45) is 4.36. The molecule has 0 saturated carbocycles. The van der Waals surface area contributed by atoms with E-state index in [1.807, 2.05) is 44.3 Å². The third-order valence-corrected chi connectivity index (χ3v) is 8.02. The average molecular weight is 667 g/mol. The summed E-state index contributed by atoms with van der Waals surface area (Å²) in [4.78, 5) is 32.5. The molecule has 47 heavy (non-hydrogen) atoms. The molecule has 1 amide bonds. The number of nitrogens with one attached hydrogen (secondary N) is 1. The summed E-state index contributed by atoms with van der Waals surface area (Å²) in [5, 5.41) is 49.9. The van der Waals surface area contributed by atoms with Crippen molar-refractivity contribution in [2.75, 3.05) is 85.1 Å². The lowest BCUT2D eigenvalue weighted by Gasteiger charge is -2.35. The number of amides is 1. The minimum Gasteiger partial charge on any atom is -0.512 e. The Kier molecular flexibility index (Phi) is 18.8. The van der Waals surface area contributed by atoms with Crippen molar-refractivity contribution in [1.29, 1.82) is 0 Å². The van der Waals surface area contributed by atoms with Crippen molar-refractivity contribution < 1.29 is 30.0 Å². The standard InChI is InChI=1S/C31H56N8O6.C2H6/c1-25(41)19-35-9-10-36(20-26(2)42)12-15-38(23-29(44)45)16-14-37(13-11-35)22-28(43)32-18-27-21-39(34-33-27)31(5,6)24-30(3,4)8-7-17-40;1-2/h21,40-42H,1-2,7-20,22-24H2,3-6H3,(H,32,43)(H,44,45);1-2H3. The van der Waals surface area contributed by atoms with Crippen LogP contribution in [0.15, 0.2) is 30.9 Å². The fourth-order valence-electron chi connectivity index (χ4n) is 5.94. The number of aliphatic hydroxyl groups excluding tert-OH is 3. The van der Waals surface area contributed by atoms with E-state index in [1.54, 1.807) is 0 Å². The SMILES string of the molecule is C=C(O)CN1CCN(CC(=C)O)CCN(CC(=O)NCc2cn(C(C)(C)CC(C)(C)CCCO)nn2)CCN(CC(=O)O)CC1.CC. The number of aliphatic hydroxyl groups is 3. The van der Waals surface area contributed by atoms with Gasteiger partial charge in [-0.05, 0) is 38.5 Å². The van der Waals surface area contributed by atoms with E-state index in [2.05, 4.69) is 56.5 Å². The average Bonchev–Trinajstić information content (AvgIpc) is 3.46. The monoisotopic (exact) mass is 666 g/mol. The normalized spacial score (nSPS) is 16.7. The highest BCUT2D eigenvalue weighted by molar-refractivity contribution is 5.77. The minimum absolute atomic E-state index is 0.0165. The van der Waals surface area contributed by atoms with Gasteiger partial charge in [0.1, 0.15) is 5.69 Å². The number of nitrogens with zero attached hydrogens (tertiary/aromatic N) is 7. The van der Waals surface area contributed by atoms with Crippen LogP contribution in [-0.4, -0.2) is 152 Å². The first-order chi connectivity index (χ1) is 22.1. The van der Waals surface area contributed by atoms with Gasteiger partial charge >= 0.3 is 5.97 Å². The largest absolute Gasteiger partial charge is 0.512 e. The summed E-state index contributed by atoms with van der Waals surface area (Å²) >= 11 is 0. The van der Waals surface area contributed by atoms with Gasteiger partial charge in [0, 0.05) is 59.0 Å². The maximum absolute atomic E-state index is 13.1. The second-order valence-electron chi connectivity index (χ2n) is 13.5. The van der Waals surface area contributed by atoms with E-state index in [9.17, 15) is 30.0 Å². The summed E-state index contributed by atoms with van der Waals surface area (Å²) in [5.74, 6) is -1.03. The first-order valence-corrected chi connectivity index (χ1v) is 16.7. The van der Waals surface area contributed by atoms with E-state index >= 15 is 0 Å². The van der Waals surface area contributed by atoms with E-state index in [0.29, 0.717) is 58.1 Å². The van der Waals surface area contributed by atoms with Crippen molar-refractivity contribution in [3.05, 3.63) is 36.6 Å². The third-order valence-electron chi connectivity index (χ3n) is 8.02. The molecule has 0 unspecified atom stereocenters. The summed E-state index contributed by atoms with van der Waals surface area (Å²) in [6.45, 7) is 24.9. The Labute approximate surface area is 281 Å². The molecule has 1 aliphatic heterocycles. The van der Waals surface area contributed by atoms with Crippen molar-refractivity contribution >= 4 is 11.9 Å². The van der Waals surface area contributed by atoms with Gasteiger partial charge in [-0.15, -0.1) is 5.10 Å². The van der Waals surface area contributed by atoms with Crippen molar-refractivity contribution in [1.82, 2.24) is 39.9 Å². The topological polar surface area (TPSA) is 171 Å². The third kappa shape index (κ3) is 17.6. The van der Waals surface area contributed by atoms with Crippen LogP contribution in [0.4, 0.5) is 0 Å². The second-order valence-corrected chi connectivity index (χ2v) is 13.5. The van der Waals surface area contributed by atoms with Crippen molar-refractivity contribution in [2.45, 2.75) is 72.9 Å². The number of hydrogen-bond donors (Lipinski definition) is 5. The van der Waals surface area contributed by atoms with Crippen molar-refractivity contribution in [2.24, 2.45) is 5.41 Å². The van der Waals surface area contributed by atoms with Crippen LogP contribution in [0.5, 0.6) is 0 Å². The Hall–Kier alpha value is -3.04. The summed E-state index contributed by atoms with van der Waals surface area (Å²) in [5.41, 5.74) is 0.362. The predicted octanol–water partition coefficient (Wildman–Crippen LogP) is 2.29. The second kappa shape index (κ2) is 21.0. The highest BCUT2D eigenvalue weighted by Gasteiger charge is 2.31. The molecule has 0 radical (unpaired) electrons. The Balaban J connectivity index is 0.00000541. The van der Waals surface area contributed by atoms with Gasteiger partial charge in [-0.2, -0.15) is 0 Å². The van der Waals surface area contributed by atoms with Gasteiger partial charge < -0.3 is 25.7 Å². The number of carboxylic acids is 1. The summed E-state index contributed by atoms with van der Waals surface area (Å²) in [6, 6.07) is 0. The molecule has 270 valence electrons. The molecule has 2 heterocycles. The summed E-state index contributed by atoms with van der Waals surface area (Å²) in [7, 11) is 0. The molecule has 5 N–H and O–H groups in total. The molecular formula is C33H62N8O6. The Bertz CT molecular complexity index is 1080. The van der Waals surface area contributed by atoms with Crippen LogP contribution in [0.25, 0.3) is 0 Å². The molecule has 1 aliphatic rings. The zero-order chi connectivity index (χ0) is 35.6. The van der Waals surface area contributed by atoms with Crippen LogP contribution in [0.1, 0.15) is 66.5 Å². The van der Waals surface area contributed by atoms with Crippen LogP contribution in [-0.2, 0) is 21.7 Å².